The number of aliphatic hydroxyl groups is 1. The molecule has 0 aliphatic carbocycles. The Morgan fingerprint density at radius 3 is 2.47 bits per heavy atom. The number of aliphatic hydroxyl groups excluding tert-OH is 1. The standard InChI is InChI=1S/C11H15NO6S/c1-12(2)19(16,17)8-3-4-10(18-6-5-13)9(7-8)11(14)15/h3-4,7,13H,5-6H2,1-2H3,(H,14,15). The summed E-state index contributed by atoms with van der Waals surface area (Å²) in [5.74, 6) is -1.29. The molecule has 0 fully saturated rings. The molecule has 0 aliphatic rings. The number of sulfonamides is 1. The van der Waals surface area contributed by atoms with Gasteiger partial charge in [-0.2, -0.15) is 0 Å². The number of aromatic carboxylic acids is 1. The predicted octanol–water partition coefficient (Wildman–Crippen LogP) is 0.00620. The largest absolute Gasteiger partial charge is 0.490 e. The lowest BCUT2D eigenvalue weighted by atomic mass is 10.2. The third-order valence-electron chi connectivity index (χ3n) is 2.31. The molecular formula is C11H15NO6S. The van der Waals surface area contributed by atoms with Crippen LogP contribution in [0.3, 0.4) is 0 Å². The van der Waals surface area contributed by atoms with Gasteiger partial charge >= 0.3 is 5.97 Å². The van der Waals surface area contributed by atoms with E-state index in [1.165, 1.54) is 26.2 Å². The van der Waals surface area contributed by atoms with Crippen LogP contribution in [0.25, 0.3) is 0 Å². The van der Waals surface area contributed by atoms with Crippen LogP contribution in [-0.4, -0.2) is 56.2 Å². The van der Waals surface area contributed by atoms with Gasteiger partial charge in [-0.3, -0.25) is 0 Å². The Kier molecular flexibility index (Phi) is 4.87. The molecule has 0 aliphatic heterocycles. The average Bonchev–Trinajstić information content (AvgIpc) is 2.35. The fourth-order valence-electron chi connectivity index (χ4n) is 1.33. The summed E-state index contributed by atoms with van der Waals surface area (Å²) >= 11 is 0. The summed E-state index contributed by atoms with van der Waals surface area (Å²) in [7, 11) is -0.999. The lowest BCUT2D eigenvalue weighted by Crippen LogP contribution is -2.22. The maximum absolute atomic E-state index is 11.9. The van der Waals surface area contributed by atoms with E-state index in [-0.39, 0.29) is 29.4 Å². The van der Waals surface area contributed by atoms with Gasteiger partial charge < -0.3 is 14.9 Å². The first kappa shape index (κ1) is 15.4. The Balaban J connectivity index is 3.28. The fourth-order valence-corrected chi connectivity index (χ4v) is 2.26. The van der Waals surface area contributed by atoms with Crippen molar-refractivity contribution in [3.63, 3.8) is 0 Å². The first-order chi connectivity index (χ1) is 8.80. The van der Waals surface area contributed by atoms with E-state index in [9.17, 15) is 13.2 Å². The van der Waals surface area contributed by atoms with E-state index in [1.807, 2.05) is 0 Å². The highest BCUT2D eigenvalue weighted by atomic mass is 32.2. The lowest BCUT2D eigenvalue weighted by Gasteiger charge is -2.13. The number of carboxylic acid groups (broad SMARTS) is 1. The third-order valence-corrected chi connectivity index (χ3v) is 4.12. The van der Waals surface area contributed by atoms with Crippen molar-refractivity contribution in [1.82, 2.24) is 4.31 Å². The second kappa shape index (κ2) is 6.00. The number of carbonyl (C=O) groups is 1. The third kappa shape index (κ3) is 3.43. The number of benzene rings is 1. The van der Waals surface area contributed by atoms with E-state index < -0.39 is 16.0 Å². The Morgan fingerprint density at radius 1 is 1.37 bits per heavy atom. The second-order valence-corrected chi connectivity index (χ2v) is 5.97. The Morgan fingerprint density at radius 2 is 2.00 bits per heavy atom. The molecule has 1 aromatic rings. The maximum atomic E-state index is 11.9. The predicted molar refractivity (Wildman–Crippen MR) is 66.9 cm³/mol. The molecule has 1 rings (SSSR count). The van der Waals surface area contributed by atoms with Crippen LogP contribution in [0.1, 0.15) is 10.4 Å². The second-order valence-electron chi connectivity index (χ2n) is 3.82. The van der Waals surface area contributed by atoms with E-state index in [0.29, 0.717) is 0 Å². The van der Waals surface area contributed by atoms with Gasteiger partial charge in [-0.05, 0) is 18.2 Å². The summed E-state index contributed by atoms with van der Waals surface area (Å²) in [4.78, 5) is 10.9. The van der Waals surface area contributed by atoms with E-state index in [2.05, 4.69) is 0 Å². The molecule has 2 N–H and O–H groups in total. The summed E-state index contributed by atoms with van der Waals surface area (Å²) in [6.07, 6.45) is 0. The van der Waals surface area contributed by atoms with Crippen molar-refractivity contribution in [3.8, 4) is 5.75 Å². The number of ether oxygens (including phenoxy) is 1. The van der Waals surface area contributed by atoms with Gasteiger partial charge in [0.15, 0.2) is 0 Å². The van der Waals surface area contributed by atoms with Gasteiger partial charge in [0, 0.05) is 14.1 Å². The monoisotopic (exact) mass is 289 g/mol. The molecular weight excluding hydrogens is 274 g/mol. The molecule has 0 unspecified atom stereocenters. The summed E-state index contributed by atoms with van der Waals surface area (Å²) in [6.45, 7) is -0.336. The Hall–Kier alpha value is -1.64. The first-order valence-corrected chi connectivity index (χ1v) is 6.78. The summed E-state index contributed by atoms with van der Waals surface area (Å²) in [5, 5.41) is 17.7. The molecule has 0 saturated heterocycles. The highest BCUT2D eigenvalue weighted by molar-refractivity contribution is 7.89. The zero-order valence-corrected chi connectivity index (χ0v) is 11.3. The molecule has 106 valence electrons. The fraction of sp³-hybridized carbons (Fsp3) is 0.364. The van der Waals surface area contributed by atoms with Gasteiger partial charge in [0.2, 0.25) is 10.0 Å². The van der Waals surface area contributed by atoms with Crippen LogP contribution in [-0.2, 0) is 10.0 Å². The summed E-state index contributed by atoms with van der Waals surface area (Å²) in [5.41, 5.74) is -0.267. The lowest BCUT2D eigenvalue weighted by molar-refractivity contribution is 0.0690. The smallest absolute Gasteiger partial charge is 0.339 e. The summed E-state index contributed by atoms with van der Waals surface area (Å²) < 4.78 is 29.8. The van der Waals surface area contributed by atoms with Crippen LogP contribution < -0.4 is 4.74 Å². The van der Waals surface area contributed by atoms with Crippen molar-refractivity contribution in [2.45, 2.75) is 4.90 Å². The van der Waals surface area contributed by atoms with Gasteiger partial charge in [-0.15, -0.1) is 0 Å². The molecule has 8 heteroatoms. The van der Waals surface area contributed by atoms with Gasteiger partial charge in [-0.25, -0.2) is 17.5 Å². The van der Waals surface area contributed by atoms with Crippen molar-refractivity contribution in [2.24, 2.45) is 0 Å². The van der Waals surface area contributed by atoms with Crippen LogP contribution in [0.15, 0.2) is 23.1 Å². The van der Waals surface area contributed by atoms with E-state index in [4.69, 9.17) is 14.9 Å². The minimum Gasteiger partial charge on any atom is -0.490 e. The van der Waals surface area contributed by atoms with Gasteiger partial charge in [0.25, 0.3) is 0 Å². The van der Waals surface area contributed by atoms with Crippen LogP contribution >= 0.6 is 0 Å². The molecule has 0 atom stereocenters. The molecule has 0 amide bonds. The van der Waals surface area contributed by atoms with E-state index in [0.717, 1.165) is 10.4 Å². The number of rotatable bonds is 6. The van der Waals surface area contributed by atoms with E-state index >= 15 is 0 Å². The SMILES string of the molecule is CN(C)S(=O)(=O)c1ccc(OCCO)c(C(=O)O)c1. The topological polar surface area (TPSA) is 104 Å². The van der Waals surface area contributed by atoms with E-state index in [1.54, 1.807) is 0 Å². The molecule has 0 spiro atoms. The molecule has 0 aromatic heterocycles. The highest BCUT2D eigenvalue weighted by Crippen LogP contribution is 2.24. The number of nitrogens with zero attached hydrogens (tertiary/aromatic N) is 1. The van der Waals surface area contributed by atoms with Crippen molar-refractivity contribution in [3.05, 3.63) is 23.8 Å². The number of hydrogen-bond donors (Lipinski definition) is 2. The van der Waals surface area contributed by atoms with Crippen LogP contribution in [0.5, 0.6) is 5.75 Å². The Labute approximate surface area is 111 Å². The van der Waals surface area contributed by atoms with Crippen molar-refractivity contribution < 1.29 is 28.2 Å². The quantitative estimate of drug-likeness (QED) is 0.764. The zero-order chi connectivity index (χ0) is 14.6. The van der Waals surface area contributed by atoms with Gasteiger partial charge in [0.05, 0.1) is 11.5 Å². The van der Waals surface area contributed by atoms with Gasteiger partial charge in [0.1, 0.15) is 17.9 Å². The Bertz CT molecular complexity index is 567. The molecule has 0 bridgehead atoms. The minimum absolute atomic E-state index is 0.0132. The normalized spacial score (nSPS) is 11.6. The first-order valence-electron chi connectivity index (χ1n) is 5.34. The van der Waals surface area contributed by atoms with Crippen LogP contribution in [0.2, 0.25) is 0 Å². The van der Waals surface area contributed by atoms with Gasteiger partial charge in [-0.1, -0.05) is 0 Å². The van der Waals surface area contributed by atoms with Crippen LogP contribution in [0.4, 0.5) is 0 Å². The molecule has 0 heterocycles. The maximum Gasteiger partial charge on any atom is 0.339 e. The van der Waals surface area contributed by atoms with Crippen molar-refractivity contribution in [2.75, 3.05) is 27.3 Å². The molecule has 7 nitrogen and oxygen atoms in total. The average molecular weight is 289 g/mol. The van der Waals surface area contributed by atoms with Crippen molar-refractivity contribution in [1.29, 1.82) is 0 Å². The van der Waals surface area contributed by atoms with Crippen molar-refractivity contribution >= 4 is 16.0 Å². The number of hydrogen-bond acceptors (Lipinski definition) is 5. The molecule has 0 saturated carbocycles. The molecule has 19 heavy (non-hydrogen) atoms. The zero-order valence-electron chi connectivity index (χ0n) is 10.5. The minimum atomic E-state index is -3.71. The number of carboxylic acids is 1. The molecule has 0 radical (unpaired) electrons. The molecule has 1 aromatic carbocycles. The van der Waals surface area contributed by atoms with Crippen LogP contribution in [0, 0.1) is 0 Å². The highest BCUT2D eigenvalue weighted by Gasteiger charge is 2.21. The summed E-state index contributed by atoms with van der Waals surface area (Å²) in [6, 6.07) is 3.55.